The van der Waals surface area contributed by atoms with Crippen molar-refractivity contribution >= 4 is 28.2 Å². The van der Waals surface area contributed by atoms with Gasteiger partial charge in [0, 0.05) is 18.6 Å². The Morgan fingerprint density at radius 2 is 1.88 bits per heavy atom. The van der Waals surface area contributed by atoms with E-state index < -0.39 is 0 Å². The van der Waals surface area contributed by atoms with Gasteiger partial charge in [-0.05, 0) is 12.0 Å². The van der Waals surface area contributed by atoms with Gasteiger partial charge in [-0.25, -0.2) is 4.98 Å². The quantitative estimate of drug-likeness (QED) is 0.724. The average Bonchev–Trinajstić information content (AvgIpc) is 3.16. The molecule has 0 spiro atoms. The Labute approximate surface area is 145 Å². The van der Waals surface area contributed by atoms with Crippen molar-refractivity contribution in [2.75, 3.05) is 6.79 Å². The highest BCUT2D eigenvalue weighted by Gasteiger charge is 2.19. The van der Waals surface area contributed by atoms with Crippen LogP contribution in [0.25, 0.3) is 11.0 Å². The summed E-state index contributed by atoms with van der Waals surface area (Å²) < 4.78 is 13.0. The summed E-state index contributed by atoms with van der Waals surface area (Å²) in [5.41, 5.74) is 8.91. The molecular formula is C18H17N3O2S. The lowest BCUT2D eigenvalue weighted by atomic mass is 10.1. The van der Waals surface area contributed by atoms with Crippen LogP contribution < -0.4 is 15.2 Å². The number of ether oxygens (including phenoxy) is 2. The van der Waals surface area contributed by atoms with Crippen LogP contribution in [0.15, 0.2) is 42.5 Å². The van der Waals surface area contributed by atoms with E-state index in [-0.39, 0.29) is 6.79 Å². The second-order valence-corrected chi connectivity index (χ2v) is 6.28. The molecule has 5 nitrogen and oxygen atoms in total. The first kappa shape index (κ1) is 15.0. The van der Waals surface area contributed by atoms with E-state index in [1.807, 2.05) is 30.3 Å². The van der Waals surface area contributed by atoms with Gasteiger partial charge in [0.05, 0.1) is 22.6 Å². The first-order chi connectivity index (χ1) is 11.7. The number of fused-ring (bicyclic) bond motifs is 2. The molecule has 0 fully saturated rings. The predicted octanol–water partition coefficient (Wildman–Crippen LogP) is 2.84. The Morgan fingerprint density at radius 3 is 2.62 bits per heavy atom. The molecule has 3 aromatic rings. The molecular weight excluding hydrogens is 322 g/mol. The molecule has 0 radical (unpaired) electrons. The summed E-state index contributed by atoms with van der Waals surface area (Å²) in [7, 11) is 0. The molecule has 122 valence electrons. The van der Waals surface area contributed by atoms with Crippen LogP contribution in [-0.4, -0.2) is 21.3 Å². The third kappa shape index (κ3) is 2.80. The van der Waals surface area contributed by atoms with Crippen LogP contribution in [0.3, 0.4) is 0 Å². The van der Waals surface area contributed by atoms with Crippen LogP contribution in [0.1, 0.15) is 11.4 Å². The van der Waals surface area contributed by atoms with Gasteiger partial charge < -0.3 is 19.8 Å². The SMILES string of the molecule is NC(=S)Cn1c(CCc2ccccc2)nc2cc3c(cc21)OCO3. The lowest BCUT2D eigenvalue weighted by Gasteiger charge is -2.08. The number of thiocarbonyl (C=S) groups is 1. The lowest BCUT2D eigenvalue weighted by Crippen LogP contribution is -2.18. The fourth-order valence-corrected chi connectivity index (χ4v) is 3.12. The molecule has 2 aromatic carbocycles. The highest BCUT2D eigenvalue weighted by Crippen LogP contribution is 2.36. The second kappa shape index (κ2) is 6.13. The summed E-state index contributed by atoms with van der Waals surface area (Å²) in [6, 6.07) is 14.2. The summed E-state index contributed by atoms with van der Waals surface area (Å²) in [6.07, 6.45) is 1.72. The number of imidazole rings is 1. The molecule has 4 rings (SSSR count). The van der Waals surface area contributed by atoms with Gasteiger partial charge in [0.25, 0.3) is 0 Å². The van der Waals surface area contributed by atoms with E-state index in [1.165, 1.54) is 5.56 Å². The van der Waals surface area contributed by atoms with E-state index in [4.69, 9.17) is 32.4 Å². The zero-order valence-electron chi connectivity index (χ0n) is 13.1. The van der Waals surface area contributed by atoms with Gasteiger partial charge in [-0.2, -0.15) is 0 Å². The number of aromatic nitrogens is 2. The molecule has 1 aliphatic rings. The van der Waals surface area contributed by atoms with Crippen LogP contribution in [0, 0.1) is 0 Å². The van der Waals surface area contributed by atoms with Gasteiger partial charge in [-0.15, -0.1) is 0 Å². The maximum absolute atomic E-state index is 5.79. The van der Waals surface area contributed by atoms with Crippen molar-refractivity contribution in [2.45, 2.75) is 19.4 Å². The van der Waals surface area contributed by atoms with Crippen molar-refractivity contribution in [3.8, 4) is 11.5 Å². The van der Waals surface area contributed by atoms with Gasteiger partial charge in [0.1, 0.15) is 5.82 Å². The van der Waals surface area contributed by atoms with E-state index >= 15 is 0 Å². The molecule has 0 atom stereocenters. The molecule has 0 aliphatic carbocycles. The smallest absolute Gasteiger partial charge is 0.231 e. The van der Waals surface area contributed by atoms with Crippen LogP contribution in [0.4, 0.5) is 0 Å². The molecule has 2 N–H and O–H groups in total. The van der Waals surface area contributed by atoms with Crippen molar-refractivity contribution < 1.29 is 9.47 Å². The average molecular weight is 339 g/mol. The van der Waals surface area contributed by atoms with E-state index in [1.54, 1.807) is 0 Å². The maximum Gasteiger partial charge on any atom is 0.231 e. The number of hydrogen-bond acceptors (Lipinski definition) is 4. The summed E-state index contributed by atoms with van der Waals surface area (Å²) >= 11 is 5.12. The van der Waals surface area contributed by atoms with Crippen LogP contribution in [0.5, 0.6) is 11.5 Å². The van der Waals surface area contributed by atoms with E-state index in [2.05, 4.69) is 16.7 Å². The Hall–Kier alpha value is -2.60. The molecule has 0 unspecified atom stereocenters. The topological polar surface area (TPSA) is 62.3 Å². The highest BCUT2D eigenvalue weighted by molar-refractivity contribution is 7.80. The number of aryl methyl sites for hydroxylation is 2. The lowest BCUT2D eigenvalue weighted by molar-refractivity contribution is 0.174. The maximum atomic E-state index is 5.79. The zero-order chi connectivity index (χ0) is 16.5. The monoisotopic (exact) mass is 339 g/mol. The third-order valence-electron chi connectivity index (χ3n) is 4.12. The van der Waals surface area contributed by atoms with Crippen LogP contribution >= 0.6 is 12.2 Å². The van der Waals surface area contributed by atoms with E-state index in [9.17, 15) is 0 Å². The third-order valence-corrected chi connectivity index (χ3v) is 4.24. The van der Waals surface area contributed by atoms with Gasteiger partial charge in [-0.1, -0.05) is 42.5 Å². The predicted molar refractivity (Wildman–Crippen MR) is 96.5 cm³/mol. The standard InChI is InChI=1S/C18H17N3O2S/c19-17(24)10-21-14-9-16-15(22-11-23-16)8-13(14)20-18(21)7-6-12-4-2-1-3-5-12/h1-5,8-9H,6-7,10-11H2,(H2,19,24). The van der Waals surface area contributed by atoms with Crippen LogP contribution in [0.2, 0.25) is 0 Å². The van der Waals surface area contributed by atoms with E-state index in [0.29, 0.717) is 11.5 Å². The Balaban J connectivity index is 1.71. The number of nitrogens with two attached hydrogens (primary N) is 1. The highest BCUT2D eigenvalue weighted by atomic mass is 32.1. The first-order valence-electron chi connectivity index (χ1n) is 7.82. The fourth-order valence-electron chi connectivity index (χ4n) is 2.99. The number of rotatable bonds is 5. The minimum Gasteiger partial charge on any atom is -0.454 e. The summed E-state index contributed by atoms with van der Waals surface area (Å²) in [4.78, 5) is 5.21. The molecule has 0 bridgehead atoms. The van der Waals surface area contributed by atoms with Gasteiger partial charge >= 0.3 is 0 Å². The molecule has 24 heavy (non-hydrogen) atoms. The van der Waals surface area contributed by atoms with Crippen molar-refractivity contribution in [1.82, 2.24) is 9.55 Å². The number of hydrogen-bond donors (Lipinski definition) is 1. The van der Waals surface area contributed by atoms with Crippen molar-refractivity contribution in [1.29, 1.82) is 0 Å². The van der Waals surface area contributed by atoms with Crippen molar-refractivity contribution in [3.63, 3.8) is 0 Å². The Morgan fingerprint density at radius 1 is 1.12 bits per heavy atom. The molecule has 1 aromatic heterocycles. The second-order valence-electron chi connectivity index (χ2n) is 5.76. The van der Waals surface area contributed by atoms with Crippen LogP contribution in [-0.2, 0) is 19.4 Å². The van der Waals surface area contributed by atoms with Gasteiger partial charge in [0.2, 0.25) is 6.79 Å². The molecule has 0 amide bonds. The van der Waals surface area contributed by atoms with Crippen molar-refractivity contribution in [3.05, 3.63) is 53.9 Å². The molecule has 0 saturated heterocycles. The minimum atomic E-state index is 0.248. The molecule has 6 heteroatoms. The van der Waals surface area contributed by atoms with Crippen molar-refractivity contribution in [2.24, 2.45) is 5.73 Å². The minimum absolute atomic E-state index is 0.248. The summed E-state index contributed by atoms with van der Waals surface area (Å²) in [6.45, 7) is 0.716. The first-order valence-corrected chi connectivity index (χ1v) is 8.22. The van der Waals surface area contributed by atoms with Gasteiger partial charge in [-0.3, -0.25) is 0 Å². The van der Waals surface area contributed by atoms with E-state index in [0.717, 1.165) is 41.2 Å². The Kier molecular flexibility index (Phi) is 3.82. The zero-order valence-corrected chi connectivity index (χ0v) is 13.9. The number of nitrogens with zero attached hydrogens (tertiary/aromatic N) is 2. The number of benzene rings is 2. The molecule has 1 aliphatic heterocycles. The fraction of sp³-hybridized carbons (Fsp3) is 0.222. The van der Waals surface area contributed by atoms with Gasteiger partial charge in [0.15, 0.2) is 11.5 Å². The molecule has 2 heterocycles. The summed E-state index contributed by atoms with van der Waals surface area (Å²) in [5, 5.41) is 0. The normalized spacial score (nSPS) is 12.7. The summed E-state index contributed by atoms with van der Waals surface area (Å²) in [5.74, 6) is 2.43. The molecule has 0 saturated carbocycles. The Bertz CT molecular complexity index is 906. The largest absolute Gasteiger partial charge is 0.454 e.